The van der Waals surface area contributed by atoms with E-state index in [1.807, 2.05) is 23.1 Å². The number of methoxy groups -OCH3 is 1. The molecule has 0 saturated carbocycles. The predicted molar refractivity (Wildman–Crippen MR) is 127 cm³/mol. The van der Waals surface area contributed by atoms with Crippen molar-refractivity contribution in [2.75, 3.05) is 26.7 Å². The molecule has 0 bridgehead atoms. The van der Waals surface area contributed by atoms with Gasteiger partial charge in [-0.1, -0.05) is 30.3 Å². The number of rotatable bonds is 4. The lowest BCUT2D eigenvalue weighted by atomic mass is 9.98. The lowest BCUT2D eigenvalue weighted by molar-refractivity contribution is 0.0728. The Kier molecular flexibility index (Phi) is 6.38. The minimum atomic E-state index is -0.877. The summed E-state index contributed by atoms with van der Waals surface area (Å²) in [4.78, 5) is 30.6. The minimum Gasteiger partial charge on any atom is -0.496 e. The van der Waals surface area contributed by atoms with Gasteiger partial charge in [-0.3, -0.25) is 14.5 Å². The van der Waals surface area contributed by atoms with Crippen molar-refractivity contribution in [3.63, 3.8) is 0 Å². The topological polar surface area (TPSA) is 54.8 Å². The van der Waals surface area contributed by atoms with Crippen LogP contribution in [0.2, 0.25) is 0 Å². The average molecular weight is 480 g/mol. The minimum absolute atomic E-state index is 0.144. The molecule has 2 aliphatic rings. The van der Waals surface area contributed by atoms with Crippen molar-refractivity contribution in [2.45, 2.75) is 32.5 Å². The second-order valence-corrected chi connectivity index (χ2v) is 9.04. The van der Waals surface area contributed by atoms with Crippen LogP contribution in [0, 0.1) is 11.6 Å². The lowest BCUT2D eigenvalue weighted by Crippen LogP contribution is -2.38. The van der Waals surface area contributed by atoms with Crippen LogP contribution in [0.25, 0.3) is 0 Å². The Morgan fingerprint density at radius 3 is 2.51 bits per heavy atom. The second kappa shape index (κ2) is 9.62. The number of ether oxygens (including phenoxy) is 1. The maximum atomic E-state index is 13.8. The summed E-state index contributed by atoms with van der Waals surface area (Å²) >= 11 is 0. The van der Waals surface area contributed by atoms with E-state index < -0.39 is 11.6 Å². The first kappa shape index (κ1) is 23.2. The maximum absolute atomic E-state index is 13.8. The van der Waals surface area contributed by atoms with Gasteiger partial charge in [-0.2, -0.15) is 0 Å². The molecule has 0 unspecified atom stereocenters. The van der Waals surface area contributed by atoms with Crippen molar-refractivity contribution < 1.29 is 18.3 Å². The van der Waals surface area contributed by atoms with E-state index >= 15 is 0 Å². The highest BCUT2D eigenvalue weighted by atomic mass is 19.2. The molecule has 6 nitrogen and oxygen atoms in total. The van der Waals surface area contributed by atoms with Crippen molar-refractivity contribution in [3.05, 3.63) is 98.5 Å². The van der Waals surface area contributed by atoms with Crippen LogP contribution in [0.15, 0.2) is 53.3 Å². The van der Waals surface area contributed by atoms with Crippen LogP contribution < -0.4 is 10.3 Å². The van der Waals surface area contributed by atoms with Gasteiger partial charge >= 0.3 is 0 Å². The summed E-state index contributed by atoms with van der Waals surface area (Å²) in [6, 6.07) is 13.4. The molecular weight excluding hydrogens is 452 g/mol. The van der Waals surface area contributed by atoms with Crippen LogP contribution in [0.1, 0.15) is 32.7 Å². The number of carbonyl (C=O) groups is 1. The van der Waals surface area contributed by atoms with E-state index in [1.165, 1.54) is 24.8 Å². The molecule has 35 heavy (non-hydrogen) atoms. The van der Waals surface area contributed by atoms with Crippen LogP contribution in [-0.2, 0) is 32.5 Å². The molecular formula is C27H27F2N3O3. The Bertz CT molecular complexity index is 1340. The van der Waals surface area contributed by atoms with Gasteiger partial charge < -0.3 is 14.2 Å². The molecule has 8 heteroatoms. The van der Waals surface area contributed by atoms with Crippen molar-refractivity contribution in [2.24, 2.45) is 0 Å². The standard InChI is InChI=1S/C27H27F2N3O3/c1-35-24-15-25(33)32-13-12-30(16-18-6-7-21(28)22(29)14-18)10-9-23(32)26(24)27(34)31-11-8-19-4-2-3-5-20(19)17-31/h2-7,14-15H,8-13,16-17H2,1H3. The van der Waals surface area contributed by atoms with Crippen LogP contribution >= 0.6 is 0 Å². The molecule has 0 fully saturated rings. The highest BCUT2D eigenvalue weighted by Gasteiger charge is 2.30. The summed E-state index contributed by atoms with van der Waals surface area (Å²) in [6.45, 7) is 3.03. The summed E-state index contributed by atoms with van der Waals surface area (Å²) in [5, 5.41) is 0. The molecule has 0 spiro atoms. The summed E-state index contributed by atoms with van der Waals surface area (Å²) in [7, 11) is 1.47. The molecule has 3 heterocycles. The first-order valence-corrected chi connectivity index (χ1v) is 11.8. The Hall–Kier alpha value is -3.52. The fourth-order valence-corrected chi connectivity index (χ4v) is 5.07. The van der Waals surface area contributed by atoms with Crippen molar-refractivity contribution >= 4 is 5.91 Å². The zero-order valence-corrected chi connectivity index (χ0v) is 19.6. The average Bonchev–Trinajstić information content (AvgIpc) is 3.08. The van der Waals surface area contributed by atoms with Gasteiger partial charge in [0.2, 0.25) is 0 Å². The Morgan fingerprint density at radius 2 is 1.74 bits per heavy atom. The first-order chi connectivity index (χ1) is 16.9. The third-order valence-electron chi connectivity index (χ3n) is 6.93. The van der Waals surface area contributed by atoms with Crippen LogP contribution in [0.3, 0.4) is 0 Å². The van der Waals surface area contributed by atoms with Crippen LogP contribution in [-0.4, -0.2) is 47.0 Å². The Balaban J connectivity index is 1.43. The summed E-state index contributed by atoms with van der Waals surface area (Å²) < 4.78 is 34.2. The van der Waals surface area contributed by atoms with Crippen LogP contribution in [0.4, 0.5) is 8.78 Å². The van der Waals surface area contributed by atoms with E-state index in [4.69, 9.17) is 4.74 Å². The summed E-state index contributed by atoms with van der Waals surface area (Å²) in [5.74, 6) is -1.61. The van der Waals surface area contributed by atoms with E-state index in [0.29, 0.717) is 68.3 Å². The summed E-state index contributed by atoms with van der Waals surface area (Å²) in [6.07, 6.45) is 1.24. The Labute approximate surface area is 202 Å². The molecule has 1 amide bonds. The van der Waals surface area contributed by atoms with Gasteiger partial charge in [0.05, 0.1) is 7.11 Å². The fourth-order valence-electron chi connectivity index (χ4n) is 5.07. The third kappa shape index (κ3) is 4.58. The number of halogens is 2. The number of hydrogen-bond donors (Lipinski definition) is 0. The van der Waals surface area contributed by atoms with Crippen molar-refractivity contribution in [1.82, 2.24) is 14.4 Å². The van der Waals surface area contributed by atoms with Gasteiger partial charge in [0.15, 0.2) is 11.6 Å². The quantitative estimate of drug-likeness (QED) is 0.576. The molecule has 5 rings (SSSR count). The normalized spacial score (nSPS) is 15.8. The highest BCUT2D eigenvalue weighted by molar-refractivity contribution is 5.98. The van der Waals surface area contributed by atoms with Crippen LogP contribution in [0.5, 0.6) is 5.75 Å². The number of nitrogens with zero attached hydrogens (tertiary/aromatic N) is 3. The smallest absolute Gasteiger partial charge is 0.259 e. The zero-order chi connectivity index (χ0) is 24.5. The van der Waals surface area contributed by atoms with Gasteiger partial charge in [0.1, 0.15) is 11.3 Å². The predicted octanol–water partition coefficient (Wildman–Crippen LogP) is 3.39. The summed E-state index contributed by atoms with van der Waals surface area (Å²) in [5.41, 5.74) is 3.91. The van der Waals surface area contributed by atoms with Crippen molar-refractivity contribution in [1.29, 1.82) is 0 Å². The van der Waals surface area contributed by atoms with E-state index in [1.54, 1.807) is 10.6 Å². The molecule has 1 aromatic heterocycles. The highest BCUT2D eigenvalue weighted by Crippen LogP contribution is 2.28. The van der Waals surface area contributed by atoms with Gasteiger partial charge in [-0.15, -0.1) is 0 Å². The van der Waals surface area contributed by atoms with Gasteiger partial charge in [-0.05, 0) is 35.2 Å². The number of hydrogen-bond acceptors (Lipinski definition) is 4. The zero-order valence-electron chi connectivity index (χ0n) is 19.6. The monoisotopic (exact) mass is 479 g/mol. The van der Waals surface area contributed by atoms with Crippen molar-refractivity contribution in [3.8, 4) is 5.75 Å². The Morgan fingerprint density at radius 1 is 0.943 bits per heavy atom. The van der Waals surface area contributed by atoms with Gasteiger partial charge in [0.25, 0.3) is 11.5 Å². The molecule has 182 valence electrons. The molecule has 0 atom stereocenters. The number of fused-ring (bicyclic) bond motifs is 2. The first-order valence-electron chi connectivity index (χ1n) is 11.8. The number of aromatic nitrogens is 1. The molecule has 2 aromatic carbocycles. The molecule has 0 N–H and O–H groups in total. The molecule has 2 aliphatic heterocycles. The van der Waals surface area contributed by atoms with E-state index in [9.17, 15) is 18.4 Å². The second-order valence-electron chi connectivity index (χ2n) is 9.04. The molecule has 3 aromatic rings. The number of benzene rings is 2. The third-order valence-corrected chi connectivity index (χ3v) is 6.93. The molecule has 0 saturated heterocycles. The SMILES string of the molecule is COc1cc(=O)n2c(c1C(=O)N1CCc3ccccc3C1)CCN(Cc1ccc(F)c(F)c1)CC2. The largest absolute Gasteiger partial charge is 0.496 e. The van der Waals surface area contributed by atoms with Gasteiger partial charge in [-0.25, -0.2) is 8.78 Å². The molecule has 0 radical (unpaired) electrons. The lowest BCUT2D eigenvalue weighted by Gasteiger charge is -2.30. The maximum Gasteiger partial charge on any atom is 0.259 e. The number of amides is 1. The number of carbonyl (C=O) groups excluding carboxylic acids is 1. The van der Waals surface area contributed by atoms with E-state index in [-0.39, 0.29) is 11.5 Å². The van der Waals surface area contributed by atoms with E-state index in [0.717, 1.165) is 18.1 Å². The van der Waals surface area contributed by atoms with E-state index in [2.05, 4.69) is 11.0 Å². The number of pyridine rings is 1. The molecule has 0 aliphatic carbocycles. The van der Waals surface area contributed by atoms with Gasteiger partial charge in [0, 0.05) is 57.4 Å². The fraction of sp³-hybridized carbons (Fsp3) is 0.333.